The number of aliphatic carboxylic acids is 1. The first-order valence-corrected chi connectivity index (χ1v) is 11.9. The number of carbonyl (C=O) groups is 1. The van der Waals surface area contributed by atoms with E-state index in [0.29, 0.717) is 44.5 Å². The van der Waals surface area contributed by atoms with Gasteiger partial charge in [0, 0.05) is 12.5 Å². The SMILES string of the molecule is O=C(O)C1CCCN1CC1CCC(OCc2cc(C(F)(F)F)cc(C(F)(F)F)c2)C1c1ccc(F)cc1. The molecule has 4 unspecified atom stereocenters. The van der Waals surface area contributed by atoms with Gasteiger partial charge in [-0.25, -0.2) is 4.39 Å². The number of halogens is 7. The van der Waals surface area contributed by atoms with Gasteiger partial charge in [-0.1, -0.05) is 12.1 Å². The van der Waals surface area contributed by atoms with Gasteiger partial charge < -0.3 is 9.84 Å². The summed E-state index contributed by atoms with van der Waals surface area (Å²) in [6, 6.07) is 6.48. The van der Waals surface area contributed by atoms with Crippen LogP contribution in [-0.2, 0) is 28.5 Å². The average Bonchev–Trinajstić information content (AvgIpc) is 3.44. The summed E-state index contributed by atoms with van der Waals surface area (Å²) in [5.74, 6) is -1.78. The minimum Gasteiger partial charge on any atom is -0.480 e. The van der Waals surface area contributed by atoms with Gasteiger partial charge in [0.1, 0.15) is 11.9 Å². The number of nitrogens with zero attached hydrogens (tertiary/aromatic N) is 1. The third-order valence-electron chi connectivity index (χ3n) is 7.21. The van der Waals surface area contributed by atoms with E-state index >= 15 is 0 Å². The Kier molecular flexibility index (Phi) is 7.85. The molecule has 0 amide bonds. The van der Waals surface area contributed by atoms with E-state index in [9.17, 15) is 40.6 Å². The Hall–Kier alpha value is -2.66. The Balaban J connectivity index is 1.57. The minimum atomic E-state index is -4.96. The molecule has 1 heterocycles. The molecule has 1 saturated carbocycles. The fourth-order valence-corrected chi connectivity index (χ4v) is 5.54. The molecular weight excluding hydrogens is 507 g/mol. The van der Waals surface area contributed by atoms with E-state index in [-0.39, 0.29) is 23.5 Å². The molecule has 2 aromatic carbocycles. The zero-order valence-electron chi connectivity index (χ0n) is 19.7. The van der Waals surface area contributed by atoms with Crippen LogP contribution in [0.3, 0.4) is 0 Å². The molecule has 37 heavy (non-hydrogen) atoms. The number of benzene rings is 2. The highest BCUT2D eigenvalue weighted by Crippen LogP contribution is 2.44. The molecule has 1 aliphatic heterocycles. The lowest BCUT2D eigenvalue weighted by molar-refractivity contribution is -0.144. The Bertz CT molecular complexity index is 1070. The molecule has 4 atom stereocenters. The molecule has 0 aromatic heterocycles. The lowest BCUT2D eigenvalue weighted by atomic mass is 9.87. The van der Waals surface area contributed by atoms with E-state index in [1.54, 1.807) is 12.1 Å². The summed E-state index contributed by atoms with van der Waals surface area (Å²) >= 11 is 0. The molecule has 1 aliphatic carbocycles. The van der Waals surface area contributed by atoms with Crippen molar-refractivity contribution in [1.82, 2.24) is 4.90 Å². The van der Waals surface area contributed by atoms with Gasteiger partial charge in [-0.2, -0.15) is 26.3 Å². The van der Waals surface area contributed by atoms with Crippen molar-refractivity contribution in [2.24, 2.45) is 5.92 Å². The summed E-state index contributed by atoms with van der Waals surface area (Å²) in [4.78, 5) is 13.5. The standard InChI is InChI=1S/C26H26F7NO3/c27-20-6-3-16(4-7-20)23-17(13-34-9-1-2-21(34)24(35)36)5-8-22(23)37-14-15-10-18(25(28,29)30)12-19(11-15)26(31,32)33/h3-4,6-7,10-12,17,21-23H,1-2,5,8-9,13-14H2,(H,35,36). The fraction of sp³-hybridized carbons (Fsp3) is 0.500. The van der Waals surface area contributed by atoms with Gasteiger partial charge in [0.05, 0.1) is 23.8 Å². The van der Waals surface area contributed by atoms with Crippen LogP contribution in [0.25, 0.3) is 0 Å². The molecule has 2 aliphatic rings. The van der Waals surface area contributed by atoms with Gasteiger partial charge >= 0.3 is 18.3 Å². The zero-order chi connectivity index (χ0) is 27.0. The summed E-state index contributed by atoms with van der Waals surface area (Å²) in [6.07, 6.45) is -8.11. The van der Waals surface area contributed by atoms with Crippen LogP contribution >= 0.6 is 0 Å². The first-order chi connectivity index (χ1) is 17.3. The van der Waals surface area contributed by atoms with Crippen molar-refractivity contribution in [3.63, 3.8) is 0 Å². The first kappa shape index (κ1) is 27.4. The van der Waals surface area contributed by atoms with Gasteiger partial charge in [-0.3, -0.25) is 9.69 Å². The molecule has 4 nitrogen and oxygen atoms in total. The maximum atomic E-state index is 13.6. The highest BCUT2D eigenvalue weighted by atomic mass is 19.4. The molecule has 0 spiro atoms. The van der Waals surface area contributed by atoms with Crippen molar-refractivity contribution in [1.29, 1.82) is 0 Å². The largest absolute Gasteiger partial charge is 0.480 e. The van der Waals surface area contributed by atoms with Crippen molar-refractivity contribution in [2.45, 2.75) is 62.7 Å². The Morgan fingerprint density at radius 2 is 1.57 bits per heavy atom. The molecule has 2 fully saturated rings. The summed E-state index contributed by atoms with van der Waals surface area (Å²) in [5.41, 5.74) is -2.35. The van der Waals surface area contributed by atoms with Crippen LogP contribution in [-0.4, -0.2) is 41.2 Å². The molecule has 202 valence electrons. The first-order valence-electron chi connectivity index (χ1n) is 11.9. The molecule has 1 saturated heterocycles. The van der Waals surface area contributed by atoms with Gasteiger partial charge in [-0.05, 0) is 79.6 Å². The molecule has 11 heteroatoms. The van der Waals surface area contributed by atoms with Crippen molar-refractivity contribution < 1.29 is 45.4 Å². The predicted molar refractivity (Wildman–Crippen MR) is 119 cm³/mol. The van der Waals surface area contributed by atoms with E-state index in [1.165, 1.54) is 12.1 Å². The lowest BCUT2D eigenvalue weighted by Crippen LogP contribution is -2.40. The molecule has 4 rings (SSSR count). The maximum Gasteiger partial charge on any atom is 0.416 e. The molecule has 0 bridgehead atoms. The topological polar surface area (TPSA) is 49.8 Å². The predicted octanol–water partition coefficient (Wildman–Crippen LogP) is 6.49. The third-order valence-corrected chi connectivity index (χ3v) is 7.21. The van der Waals surface area contributed by atoms with Crippen molar-refractivity contribution >= 4 is 5.97 Å². The zero-order valence-corrected chi connectivity index (χ0v) is 19.7. The summed E-state index contributed by atoms with van der Waals surface area (Å²) < 4.78 is 99.0. The van der Waals surface area contributed by atoms with Gasteiger partial charge in [-0.15, -0.1) is 0 Å². The maximum absolute atomic E-state index is 13.6. The summed E-state index contributed by atoms with van der Waals surface area (Å²) in [5, 5.41) is 9.52. The Morgan fingerprint density at radius 3 is 2.14 bits per heavy atom. The second kappa shape index (κ2) is 10.6. The number of carboxylic acids is 1. The van der Waals surface area contributed by atoms with Crippen LogP contribution in [0.5, 0.6) is 0 Å². The number of carboxylic acid groups (broad SMARTS) is 1. The smallest absolute Gasteiger partial charge is 0.416 e. The third kappa shape index (κ3) is 6.43. The van der Waals surface area contributed by atoms with Crippen LogP contribution in [0.4, 0.5) is 30.7 Å². The second-order valence-electron chi connectivity index (χ2n) is 9.67. The summed E-state index contributed by atoms with van der Waals surface area (Å²) in [6.45, 7) is 0.587. The van der Waals surface area contributed by atoms with E-state index in [2.05, 4.69) is 0 Å². The van der Waals surface area contributed by atoms with Gasteiger partial charge in [0.25, 0.3) is 0 Å². The highest BCUT2D eigenvalue weighted by Gasteiger charge is 2.42. The van der Waals surface area contributed by atoms with E-state index in [4.69, 9.17) is 4.74 Å². The molecule has 0 radical (unpaired) electrons. The van der Waals surface area contributed by atoms with Crippen LogP contribution in [0.15, 0.2) is 42.5 Å². The monoisotopic (exact) mass is 533 g/mol. The molecular formula is C26H26F7NO3. The number of ether oxygens (including phenoxy) is 1. The molecule has 1 N–H and O–H groups in total. The van der Waals surface area contributed by atoms with E-state index in [1.807, 2.05) is 4.90 Å². The quantitative estimate of drug-likeness (QED) is 0.414. The van der Waals surface area contributed by atoms with Crippen LogP contribution in [0.1, 0.15) is 53.9 Å². The second-order valence-corrected chi connectivity index (χ2v) is 9.67. The van der Waals surface area contributed by atoms with E-state index in [0.717, 1.165) is 12.0 Å². The number of likely N-dealkylation sites (tertiary alicyclic amines) is 1. The van der Waals surface area contributed by atoms with Crippen molar-refractivity contribution in [2.75, 3.05) is 13.1 Å². The van der Waals surface area contributed by atoms with Crippen LogP contribution in [0, 0.1) is 11.7 Å². The van der Waals surface area contributed by atoms with Crippen molar-refractivity contribution in [3.8, 4) is 0 Å². The summed E-state index contributed by atoms with van der Waals surface area (Å²) in [7, 11) is 0. The molecule has 2 aromatic rings. The number of rotatable bonds is 7. The number of hydrogen-bond acceptors (Lipinski definition) is 3. The van der Waals surface area contributed by atoms with Crippen LogP contribution < -0.4 is 0 Å². The fourth-order valence-electron chi connectivity index (χ4n) is 5.54. The van der Waals surface area contributed by atoms with Crippen LogP contribution in [0.2, 0.25) is 0 Å². The number of alkyl halides is 6. The Labute approximate surface area is 209 Å². The van der Waals surface area contributed by atoms with Gasteiger partial charge in [0.2, 0.25) is 0 Å². The normalized spacial score (nSPS) is 25.1. The average molecular weight is 533 g/mol. The van der Waals surface area contributed by atoms with Gasteiger partial charge in [0.15, 0.2) is 0 Å². The Morgan fingerprint density at radius 1 is 0.946 bits per heavy atom. The highest BCUT2D eigenvalue weighted by molar-refractivity contribution is 5.73. The number of hydrogen-bond donors (Lipinski definition) is 1. The van der Waals surface area contributed by atoms with E-state index < -0.39 is 54.0 Å². The minimum absolute atomic E-state index is 0.0747. The van der Waals surface area contributed by atoms with Crippen molar-refractivity contribution in [3.05, 3.63) is 70.5 Å². The lowest BCUT2D eigenvalue weighted by Gasteiger charge is -2.30.